The normalized spacial score (nSPS) is 10.3. The van der Waals surface area contributed by atoms with Crippen molar-refractivity contribution in [3.8, 4) is 11.8 Å². The lowest BCUT2D eigenvalue weighted by Crippen LogP contribution is -2.34. The lowest BCUT2D eigenvalue weighted by molar-refractivity contribution is -0.128. The fraction of sp³-hybridized carbons (Fsp3) is 0.412. The number of carbonyl (C=O) groups is 2. The van der Waals surface area contributed by atoms with E-state index in [-0.39, 0.29) is 11.8 Å². The van der Waals surface area contributed by atoms with Gasteiger partial charge in [-0.2, -0.15) is 0 Å². The van der Waals surface area contributed by atoms with Crippen LogP contribution in [0.2, 0.25) is 0 Å². The summed E-state index contributed by atoms with van der Waals surface area (Å²) in [5.41, 5.74) is 1.04. The minimum absolute atomic E-state index is 0.0243. The molecule has 1 N–H and O–H groups in total. The quantitative estimate of drug-likeness (QED) is 0.844. The summed E-state index contributed by atoms with van der Waals surface area (Å²) in [6, 6.07) is 7.10. The van der Waals surface area contributed by atoms with Gasteiger partial charge in [-0.1, -0.05) is 32.6 Å². The number of amides is 2. The molecule has 1 aromatic rings. The summed E-state index contributed by atoms with van der Waals surface area (Å²) >= 11 is 0. The maximum Gasteiger partial charge on any atom is 0.253 e. The highest BCUT2D eigenvalue weighted by molar-refractivity contribution is 5.93. The number of rotatable bonds is 2. The Morgan fingerprint density at radius 3 is 2.19 bits per heavy atom. The summed E-state index contributed by atoms with van der Waals surface area (Å²) < 4.78 is 0. The van der Waals surface area contributed by atoms with E-state index in [9.17, 15) is 9.59 Å². The Hall–Kier alpha value is -2.28. The molecule has 0 fully saturated rings. The Labute approximate surface area is 126 Å². The van der Waals surface area contributed by atoms with Crippen molar-refractivity contribution in [2.45, 2.75) is 20.8 Å². The highest BCUT2D eigenvalue weighted by Gasteiger charge is 2.19. The minimum atomic E-state index is -0.407. The monoisotopic (exact) mass is 286 g/mol. The molecule has 0 saturated heterocycles. The zero-order valence-corrected chi connectivity index (χ0v) is 13.3. The van der Waals surface area contributed by atoms with E-state index in [1.165, 1.54) is 4.90 Å². The molecule has 0 aliphatic rings. The Morgan fingerprint density at radius 1 is 1.14 bits per heavy atom. The first-order valence-corrected chi connectivity index (χ1v) is 6.80. The van der Waals surface area contributed by atoms with E-state index in [4.69, 9.17) is 0 Å². The smallest absolute Gasteiger partial charge is 0.253 e. The molecule has 0 aromatic heterocycles. The molecule has 0 heterocycles. The average molecular weight is 286 g/mol. The van der Waals surface area contributed by atoms with Crippen molar-refractivity contribution >= 4 is 11.8 Å². The number of nitrogens with zero attached hydrogens (tertiary/aromatic N) is 1. The molecule has 0 spiro atoms. The largest absolute Gasteiger partial charge is 0.345 e. The van der Waals surface area contributed by atoms with Crippen LogP contribution >= 0.6 is 0 Å². The van der Waals surface area contributed by atoms with E-state index in [0.29, 0.717) is 12.1 Å². The van der Waals surface area contributed by atoms with Gasteiger partial charge in [0.05, 0.1) is 6.54 Å². The SMILES string of the molecule is CN(C)C(=O)c1ccc(C#CCNC(=O)C(C)(C)C)cc1. The fourth-order valence-corrected chi connectivity index (χ4v) is 1.49. The molecule has 1 aromatic carbocycles. The molecule has 2 amide bonds. The van der Waals surface area contributed by atoms with Crippen LogP contribution in [0.3, 0.4) is 0 Å². The summed E-state index contributed by atoms with van der Waals surface area (Å²) in [4.78, 5) is 24.9. The number of hydrogen-bond donors (Lipinski definition) is 1. The predicted molar refractivity (Wildman–Crippen MR) is 83.8 cm³/mol. The second-order valence-corrected chi connectivity index (χ2v) is 6.01. The van der Waals surface area contributed by atoms with Crippen molar-refractivity contribution in [1.82, 2.24) is 10.2 Å². The van der Waals surface area contributed by atoms with Gasteiger partial charge >= 0.3 is 0 Å². The summed E-state index contributed by atoms with van der Waals surface area (Å²) in [6.45, 7) is 5.89. The first kappa shape index (κ1) is 16.8. The van der Waals surface area contributed by atoms with Crippen molar-refractivity contribution < 1.29 is 9.59 Å². The molecule has 4 nitrogen and oxygen atoms in total. The number of carbonyl (C=O) groups excluding carboxylic acids is 2. The third-order valence-electron chi connectivity index (χ3n) is 2.79. The highest BCUT2D eigenvalue weighted by atomic mass is 16.2. The maximum absolute atomic E-state index is 11.7. The van der Waals surface area contributed by atoms with Crippen LogP contribution < -0.4 is 5.32 Å². The maximum atomic E-state index is 11.7. The van der Waals surface area contributed by atoms with Crippen LogP contribution in [0.4, 0.5) is 0 Å². The molecule has 0 unspecified atom stereocenters. The Kier molecular flexibility index (Phi) is 5.54. The van der Waals surface area contributed by atoms with Gasteiger partial charge in [-0.15, -0.1) is 0 Å². The summed E-state index contributed by atoms with van der Waals surface area (Å²) in [6.07, 6.45) is 0. The van der Waals surface area contributed by atoms with E-state index in [1.54, 1.807) is 38.4 Å². The molecule has 4 heteroatoms. The molecular formula is C17H22N2O2. The Balaban J connectivity index is 2.60. The van der Waals surface area contributed by atoms with Crippen LogP contribution in [0.15, 0.2) is 24.3 Å². The van der Waals surface area contributed by atoms with Crippen LogP contribution in [0.5, 0.6) is 0 Å². The van der Waals surface area contributed by atoms with Gasteiger partial charge in [-0.25, -0.2) is 0 Å². The van der Waals surface area contributed by atoms with E-state index < -0.39 is 5.41 Å². The fourth-order valence-electron chi connectivity index (χ4n) is 1.49. The van der Waals surface area contributed by atoms with Crippen molar-refractivity contribution in [2.75, 3.05) is 20.6 Å². The standard InChI is InChI=1S/C17H22N2O2/c1-17(2,3)16(21)18-12-6-7-13-8-10-14(11-9-13)15(20)19(4)5/h8-11H,12H2,1-5H3,(H,18,21). The highest BCUT2D eigenvalue weighted by Crippen LogP contribution is 2.11. The third-order valence-corrected chi connectivity index (χ3v) is 2.79. The second-order valence-electron chi connectivity index (χ2n) is 6.01. The van der Waals surface area contributed by atoms with E-state index >= 15 is 0 Å². The number of hydrogen-bond acceptors (Lipinski definition) is 2. The van der Waals surface area contributed by atoms with Crippen LogP contribution in [-0.2, 0) is 4.79 Å². The predicted octanol–water partition coefficient (Wildman–Crippen LogP) is 1.90. The van der Waals surface area contributed by atoms with Crippen LogP contribution in [0.25, 0.3) is 0 Å². The summed E-state index contributed by atoms with van der Waals surface area (Å²) in [5, 5.41) is 2.76. The van der Waals surface area contributed by atoms with Gasteiger partial charge < -0.3 is 10.2 Å². The molecule has 0 saturated carbocycles. The Morgan fingerprint density at radius 2 is 1.71 bits per heavy atom. The molecule has 1 rings (SSSR count). The molecule has 0 atom stereocenters. The number of nitrogens with one attached hydrogen (secondary N) is 1. The van der Waals surface area contributed by atoms with Crippen LogP contribution in [0.1, 0.15) is 36.7 Å². The van der Waals surface area contributed by atoms with Crippen molar-refractivity contribution in [1.29, 1.82) is 0 Å². The second kappa shape index (κ2) is 6.94. The molecular weight excluding hydrogens is 264 g/mol. The summed E-state index contributed by atoms with van der Waals surface area (Å²) in [7, 11) is 3.43. The number of benzene rings is 1. The minimum Gasteiger partial charge on any atom is -0.345 e. The molecule has 0 aliphatic heterocycles. The van der Waals surface area contributed by atoms with Gasteiger partial charge in [0.15, 0.2) is 0 Å². The van der Waals surface area contributed by atoms with Gasteiger partial charge in [-0.05, 0) is 24.3 Å². The molecule has 0 bridgehead atoms. The lowest BCUT2D eigenvalue weighted by Gasteiger charge is -2.15. The molecule has 112 valence electrons. The molecule has 0 radical (unpaired) electrons. The van der Waals surface area contributed by atoms with Crippen LogP contribution in [-0.4, -0.2) is 37.4 Å². The van der Waals surface area contributed by atoms with Crippen molar-refractivity contribution in [3.05, 3.63) is 35.4 Å². The summed E-state index contributed by atoms with van der Waals surface area (Å²) in [5.74, 6) is 5.80. The van der Waals surface area contributed by atoms with Crippen LogP contribution in [0, 0.1) is 17.3 Å². The van der Waals surface area contributed by atoms with Gasteiger partial charge in [-0.3, -0.25) is 9.59 Å². The lowest BCUT2D eigenvalue weighted by atomic mass is 9.96. The third kappa shape index (κ3) is 5.31. The topological polar surface area (TPSA) is 49.4 Å². The first-order valence-electron chi connectivity index (χ1n) is 6.80. The van der Waals surface area contributed by atoms with Crippen molar-refractivity contribution in [3.63, 3.8) is 0 Å². The van der Waals surface area contributed by atoms with E-state index in [1.807, 2.05) is 20.8 Å². The van der Waals surface area contributed by atoms with Gasteiger partial charge in [0.25, 0.3) is 5.91 Å². The van der Waals surface area contributed by atoms with Gasteiger partial charge in [0.1, 0.15) is 0 Å². The first-order chi connectivity index (χ1) is 9.71. The zero-order valence-electron chi connectivity index (χ0n) is 13.3. The van der Waals surface area contributed by atoms with Gasteiger partial charge in [0, 0.05) is 30.6 Å². The van der Waals surface area contributed by atoms with Crippen molar-refractivity contribution in [2.24, 2.45) is 5.41 Å². The average Bonchev–Trinajstić information content (AvgIpc) is 2.42. The molecule has 0 aliphatic carbocycles. The van der Waals surface area contributed by atoms with E-state index in [0.717, 1.165) is 5.56 Å². The van der Waals surface area contributed by atoms with E-state index in [2.05, 4.69) is 17.2 Å². The zero-order chi connectivity index (χ0) is 16.0. The van der Waals surface area contributed by atoms with Gasteiger partial charge in [0.2, 0.25) is 5.91 Å². The molecule has 21 heavy (non-hydrogen) atoms. The Bertz CT molecular complexity index is 570.